The fourth-order valence-electron chi connectivity index (χ4n) is 2.42. The largest absolute Gasteiger partial charge is 0.289 e. The molecule has 2 heteroatoms. The van der Waals surface area contributed by atoms with Crippen molar-refractivity contribution in [2.24, 2.45) is 0 Å². The highest BCUT2D eigenvalue weighted by Crippen LogP contribution is 2.24. The number of rotatable bonds is 4. The van der Waals surface area contributed by atoms with E-state index in [1.807, 2.05) is 37.3 Å². The second-order valence-electron chi connectivity index (χ2n) is 4.96. The van der Waals surface area contributed by atoms with E-state index in [2.05, 4.69) is 35.8 Å². The third kappa shape index (κ3) is 2.85. The molecular weight excluding hydrogens is 312 g/mol. The Morgan fingerprint density at radius 1 is 1.05 bits per heavy atom. The predicted octanol–water partition coefficient (Wildman–Crippen LogP) is 5.11. The van der Waals surface area contributed by atoms with Crippen LogP contribution >= 0.6 is 15.9 Å². The summed E-state index contributed by atoms with van der Waals surface area (Å²) < 4.78 is 0.891. The number of hydrogen-bond donors (Lipinski definition) is 0. The van der Waals surface area contributed by atoms with Crippen LogP contribution in [0.4, 0.5) is 0 Å². The third-order valence-electron chi connectivity index (χ3n) is 3.67. The lowest BCUT2D eigenvalue weighted by atomic mass is 9.95. The Bertz CT molecular complexity index is 644. The molecule has 0 saturated heterocycles. The van der Waals surface area contributed by atoms with Crippen molar-refractivity contribution in [2.45, 2.75) is 33.6 Å². The molecule has 0 atom stereocenters. The Kier molecular flexibility index (Phi) is 4.77. The van der Waals surface area contributed by atoms with E-state index in [1.165, 1.54) is 11.1 Å². The van der Waals surface area contributed by atoms with Crippen molar-refractivity contribution in [3.8, 4) is 0 Å². The maximum absolute atomic E-state index is 12.7. The molecule has 0 aliphatic heterocycles. The molecule has 0 aliphatic carbocycles. The lowest BCUT2D eigenvalue weighted by molar-refractivity contribution is 0.103. The van der Waals surface area contributed by atoms with Gasteiger partial charge in [0.2, 0.25) is 0 Å². The van der Waals surface area contributed by atoms with Crippen LogP contribution in [0.5, 0.6) is 0 Å². The molecule has 0 N–H and O–H groups in total. The number of aryl methyl sites for hydroxylation is 3. The average molecular weight is 331 g/mol. The van der Waals surface area contributed by atoms with Crippen molar-refractivity contribution in [1.29, 1.82) is 0 Å². The van der Waals surface area contributed by atoms with Gasteiger partial charge in [0.25, 0.3) is 0 Å². The van der Waals surface area contributed by atoms with Crippen molar-refractivity contribution in [3.63, 3.8) is 0 Å². The summed E-state index contributed by atoms with van der Waals surface area (Å²) in [5.41, 5.74) is 5.17. The minimum Gasteiger partial charge on any atom is -0.289 e. The topological polar surface area (TPSA) is 17.1 Å². The van der Waals surface area contributed by atoms with Crippen LogP contribution in [0.2, 0.25) is 0 Å². The molecule has 0 radical (unpaired) electrons. The van der Waals surface area contributed by atoms with Gasteiger partial charge >= 0.3 is 0 Å². The molecule has 2 aromatic rings. The van der Waals surface area contributed by atoms with Crippen molar-refractivity contribution in [3.05, 3.63) is 68.7 Å². The lowest BCUT2D eigenvalue weighted by Crippen LogP contribution is -2.05. The third-order valence-corrected chi connectivity index (χ3v) is 4.72. The summed E-state index contributed by atoms with van der Waals surface area (Å²) in [4.78, 5) is 12.7. The van der Waals surface area contributed by atoms with Crippen molar-refractivity contribution in [1.82, 2.24) is 0 Å². The molecule has 0 spiro atoms. The van der Waals surface area contributed by atoms with Crippen LogP contribution in [0.25, 0.3) is 0 Å². The number of benzene rings is 2. The van der Waals surface area contributed by atoms with Crippen molar-refractivity contribution >= 4 is 21.7 Å². The maximum Gasteiger partial charge on any atom is 0.194 e. The molecule has 0 heterocycles. The second-order valence-corrected chi connectivity index (χ2v) is 5.75. The standard InChI is InChI=1S/C18H19BrO/c1-4-13-9-10-15(11-14(13)5-2)18(20)16-8-6-7-12(3)17(16)19/h6-11H,4-5H2,1-3H3. The van der Waals surface area contributed by atoms with Crippen LogP contribution in [0.3, 0.4) is 0 Å². The zero-order valence-corrected chi connectivity index (χ0v) is 13.8. The quantitative estimate of drug-likeness (QED) is 0.711. The fraction of sp³-hybridized carbons (Fsp3) is 0.278. The van der Waals surface area contributed by atoms with Crippen LogP contribution in [-0.2, 0) is 12.8 Å². The molecule has 0 unspecified atom stereocenters. The van der Waals surface area contributed by atoms with Gasteiger partial charge in [0, 0.05) is 15.6 Å². The van der Waals surface area contributed by atoms with E-state index in [0.717, 1.165) is 34.0 Å². The van der Waals surface area contributed by atoms with Gasteiger partial charge in [-0.1, -0.05) is 38.1 Å². The zero-order chi connectivity index (χ0) is 14.7. The first-order valence-electron chi connectivity index (χ1n) is 7.00. The molecule has 2 rings (SSSR count). The monoisotopic (exact) mass is 330 g/mol. The summed E-state index contributed by atoms with van der Waals surface area (Å²) in [7, 11) is 0. The molecule has 104 valence electrons. The molecular formula is C18H19BrO. The van der Waals surface area contributed by atoms with Gasteiger partial charge in [-0.05, 0) is 64.5 Å². The summed E-state index contributed by atoms with van der Waals surface area (Å²) in [5.74, 6) is 0.0814. The molecule has 0 bridgehead atoms. The highest BCUT2D eigenvalue weighted by molar-refractivity contribution is 9.10. The molecule has 0 saturated carbocycles. The van der Waals surface area contributed by atoms with Gasteiger partial charge in [0.15, 0.2) is 5.78 Å². The van der Waals surface area contributed by atoms with E-state index in [1.54, 1.807) is 0 Å². The normalized spacial score (nSPS) is 10.6. The smallest absolute Gasteiger partial charge is 0.194 e. The first-order chi connectivity index (χ1) is 9.58. The summed E-state index contributed by atoms with van der Waals surface area (Å²) in [6.07, 6.45) is 1.96. The minimum atomic E-state index is 0.0814. The summed E-state index contributed by atoms with van der Waals surface area (Å²) in [6.45, 7) is 6.27. The van der Waals surface area contributed by atoms with E-state index in [-0.39, 0.29) is 5.78 Å². The van der Waals surface area contributed by atoms with Crippen molar-refractivity contribution in [2.75, 3.05) is 0 Å². The number of carbonyl (C=O) groups is 1. The van der Waals surface area contributed by atoms with Crippen LogP contribution in [-0.4, -0.2) is 5.78 Å². The van der Waals surface area contributed by atoms with Gasteiger partial charge in [-0.25, -0.2) is 0 Å². The zero-order valence-electron chi connectivity index (χ0n) is 12.2. The first-order valence-corrected chi connectivity index (χ1v) is 7.79. The molecule has 0 fully saturated rings. The van der Waals surface area contributed by atoms with Gasteiger partial charge < -0.3 is 0 Å². The average Bonchev–Trinajstić information content (AvgIpc) is 2.48. The number of ketones is 1. The van der Waals surface area contributed by atoms with E-state index >= 15 is 0 Å². The molecule has 0 aliphatic rings. The summed E-state index contributed by atoms with van der Waals surface area (Å²) in [6, 6.07) is 11.9. The first kappa shape index (κ1) is 15.0. The van der Waals surface area contributed by atoms with E-state index in [0.29, 0.717) is 0 Å². The fourth-order valence-corrected chi connectivity index (χ4v) is 2.86. The SMILES string of the molecule is CCc1ccc(C(=O)c2cccc(C)c2Br)cc1CC. The van der Waals surface area contributed by atoms with Gasteiger partial charge in [-0.3, -0.25) is 4.79 Å². The molecule has 20 heavy (non-hydrogen) atoms. The predicted molar refractivity (Wildman–Crippen MR) is 87.5 cm³/mol. The highest BCUT2D eigenvalue weighted by Gasteiger charge is 2.14. The minimum absolute atomic E-state index is 0.0814. The Hall–Kier alpha value is -1.41. The summed E-state index contributed by atoms with van der Waals surface area (Å²) in [5, 5.41) is 0. The Balaban J connectivity index is 2.46. The number of hydrogen-bond acceptors (Lipinski definition) is 1. The van der Waals surface area contributed by atoms with Gasteiger partial charge in [0.1, 0.15) is 0 Å². The van der Waals surface area contributed by atoms with Crippen LogP contribution in [0.1, 0.15) is 46.5 Å². The van der Waals surface area contributed by atoms with E-state index in [4.69, 9.17) is 0 Å². The molecule has 2 aromatic carbocycles. The molecule has 1 nitrogen and oxygen atoms in total. The number of halogens is 1. The van der Waals surface area contributed by atoms with Crippen LogP contribution in [0, 0.1) is 6.92 Å². The van der Waals surface area contributed by atoms with Crippen LogP contribution in [0.15, 0.2) is 40.9 Å². The number of carbonyl (C=O) groups excluding carboxylic acids is 1. The van der Waals surface area contributed by atoms with Crippen molar-refractivity contribution < 1.29 is 4.79 Å². The second kappa shape index (κ2) is 6.36. The summed E-state index contributed by atoms with van der Waals surface area (Å²) >= 11 is 3.52. The Morgan fingerprint density at radius 3 is 2.40 bits per heavy atom. The maximum atomic E-state index is 12.7. The molecule has 0 aromatic heterocycles. The Morgan fingerprint density at radius 2 is 1.75 bits per heavy atom. The van der Waals surface area contributed by atoms with Gasteiger partial charge in [-0.15, -0.1) is 0 Å². The van der Waals surface area contributed by atoms with Gasteiger partial charge in [0.05, 0.1) is 0 Å². The van der Waals surface area contributed by atoms with E-state index in [9.17, 15) is 4.79 Å². The van der Waals surface area contributed by atoms with Crippen LogP contribution < -0.4 is 0 Å². The lowest BCUT2D eigenvalue weighted by Gasteiger charge is -2.10. The van der Waals surface area contributed by atoms with E-state index < -0.39 is 0 Å². The van der Waals surface area contributed by atoms with Gasteiger partial charge in [-0.2, -0.15) is 0 Å². The molecule has 0 amide bonds. The highest BCUT2D eigenvalue weighted by atomic mass is 79.9. The Labute approximate surface area is 129 Å².